The molecule has 0 aliphatic carbocycles. The van der Waals surface area contributed by atoms with Crippen LogP contribution in [0.1, 0.15) is 5.56 Å². The first-order valence-corrected chi connectivity index (χ1v) is 3.29. The molecule has 1 aromatic rings. The van der Waals surface area contributed by atoms with Gasteiger partial charge in [-0.25, -0.2) is 4.79 Å². The van der Waals surface area contributed by atoms with Gasteiger partial charge in [-0.1, -0.05) is 30.3 Å². The molecule has 0 aliphatic rings. The Kier molecular flexibility index (Phi) is 4.60. The van der Waals surface area contributed by atoms with Crippen LogP contribution in [0.5, 0.6) is 0 Å². The summed E-state index contributed by atoms with van der Waals surface area (Å²) in [4.78, 5) is 10.3. The Morgan fingerprint density at radius 3 is 2.00 bits per heavy atom. The van der Waals surface area contributed by atoms with Gasteiger partial charge in [0.25, 0.3) is 5.79 Å². The number of aliphatic carboxylic acids is 1. The van der Waals surface area contributed by atoms with Gasteiger partial charge in [-0.3, -0.25) is 0 Å². The number of hydrogen-bond donors (Lipinski definition) is 3. The summed E-state index contributed by atoms with van der Waals surface area (Å²) in [5.41, 5.74) is -0.0579. The summed E-state index contributed by atoms with van der Waals surface area (Å²) in [6, 6.07) is 7.36. The smallest absolute Gasteiger partial charge is 0.477 e. The van der Waals surface area contributed by atoms with Crippen LogP contribution < -0.4 is 29.6 Å². The van der Waals surface area contributed by atoms with E-state index in [2.05, 4.69) is 0 Å². The third kappa shape index (κ3) is 2.79. The molecule has 3 N–H and O–H groups in total. The molecule has 0 fully saturated rings. The molecule has 1 rings (SSSR count). The van der Waals surface area contributed by atoms with Gasteiger partial charge in [0.05, 0.1) is 0 Å². The van der Waals surface area contributed by atoms with Crippen molar-refractivity contribution in [1.29, 1.82) is 0 Å². The van der Waals surface area contributed by atoms with Crippen molar-refractivity contribution in [2.75, 3.05) is 0 Å². The topological polar surface area (TPSA) is 77.8 Å². The predicted octanol–water partition coefficient (Wildman–Crippen LogP) is -3.09. The molecular formula is C8H8NaO4+. The number of aliphatic hydroxyl groups is 2. The second-order valence-electron chi connectivity index (χ2n) is 2.34. The molecule has 1 aromatic carbocycles. The van der Waals surface area contributed by atoms with Crippen LogP contribution in [0.3, 0.4) is 0 Å². The number of rotatable bonds is 2. The molecule has 0 bridgehead atoms. The van der Waals surface area contributed by atoms with Crippen LogP contribution in [0, 0.1) is 0 Å². The number of carbonyl (C=O) groups is 1. The average molecular weight is 191 g/mol. The Balaban J connectivity index is 0.00000144. The molecule has 0 aliphatic heterocycles. The molecular weight excluding hydrogens is 183 g/mol. The van der Waals surface area contributed by atoms with Gasteiger partial charge in [0, 0.05) is 5.56 Å². The minimum atomic E-state index is -2.79. The van der Waals surface area contributed by atoms with E-state index >= 15 is 0 Å². The van der Waals surface area contributed by atoms with Gasteiger partial charge in [0.2, 0.25) is 0 Å². The molecule has 4 nitrogen and oxygen atoms in total. The molecule has 64 valence electrons. The Morgan fingerprint density at radius 1 is 1.15 bits per heavy atom. The zero-order valence-electron chi connectivity index (χ0n) is 7.14. The zero-order chi connectivity index (χ0) is 9.19. The molecule has 5 heteroatoms. The summed E-state index contributed by atoms with van der Waals surface area (Å²) in [7, 11) is 0. The molecule has 0 saturated carbocycles. The third-order valence-electron chi connectivity index (χ3n) is 1.47. The Labute approximate surface area is 97.1 Å². The predicted molar refractivity (Wildman–Crippen MR) is 40.2 cm³/mol. The fourth-order valence-corrected chi connectivity index (χ4v) is 0.794. The number of carboxylic acid groups (broad SMARTS) is 1. The normalized spacial score (nSPS) is 10.3. The number of carboxylic acids is 1. The number of benzene rings is 1. The monoisotopic (exact) mass is 191 g/mol. The molecule has 0 amide bonds. The maximum Gasteiger partial charge on any atom is 1.00 e. The van der Waals surface area contributed by atoms with Gasteiger partial charge in [-0.05, 0) is 0 Å². The van der Waals surface area contributed by atoms with E-state index in [0.29, 0.717) is 0 Å². The van der Waals surface area contributed by atoms with Crippen molar-refractivity contribution in [2.45, 2.75) is 5.79 Å². The van der Waals surface area contributed by atoms with Gasteiger partial charge in [-0.2, -0.15) is 0 Å². The second-order valence-corrected chi connectivity index (χ2v) is 2.34. The fraction of sp³-hybridized carbons (Fsp3) is 0.125. The molecule has 0 saturated heterocycles. The molecule has 0 unspecified atom stereocenters. The van der Waals surface area contributed by atoms with Gasteiger partial charge in [0.1, 0.15) is 0 Å². The molecule has 0 aromatic heterocycles. The van der Waals surface area contributed by atoms with Gasteiger partial charge < -0.3 is 15.3 Å². The summed E-state index contributed by atoms with van der Waals surface area (Å²) in [5, 5.41) is 26.4. The first-order valence-electron chi connectivity index (χ1n) is 3.29. The summed E-state index contributed by atoms with van der Waals surface area (Å²) >= 11 is 0. The first-order chi connectivity index (χ1) is 5.55. The summed E-state index contributed by atoms with van der Waals surface area (Å²) < 4.78 is 0. The van der Waals surface area contributed by atoms with Crippen LogP contribution in [-0.2, 0) is 10.6 Å². The molecule has 0 heterocycles. The fourth-order valence-electron chi connectivity index (χ4n) is 0.794. The standard InChI is InChI=1S/C8H8O4.Na/c9-7(10)8(11,12)6-4-2-1-3-5-6;/h1-5,11-12H,(H,9,10);/q;+1. The van der Waals surface area contributed by atoms with E-state index in [9.17, 15) is 4.79 Å². The van der Waals surface area contributed by atoms with E-state index in [1.54, 1.807) is 6.07 Å². The van der Waals surface area contributed by atoms with Crippen LogP contribution in [0.2, 0.25) is 0 Å². The maximum absolute atomic E-state index is 10.3. The Hall–Kier alpha value is -0.390. The minimum Gasteiger partial charge on any atom is -0.477 e. The van der Waals surface area contributed by atoms with E-state index in [4.69, 9.17) is 15.3 Å². The molecule has 0 atom stereocenters. The molecule has 0 radical (unpaired) electrons. The van der Waals surface area contributed by atoms with Gasteiger partial charge in [0.15, 0.2) is 0 Å². The van der Waals surface area contributed by atoms with Crippen molar-refractivity contribution in [3.63, 3.8) is 0 Å². The average Bonchev–Trinajstić information content (AvgIpc) is 2.06. The van der Waals surface area contributed by atoms with E-state index in [0.717, 1.165) is 0 Å². The van der Waals surface area contributed by atoms with Crippen molar-refractivity contribution >= 4 is 5.97 Å². The number of hydrogen-bond acceptors (Lipinski definition) is 3. The van der Waals surface area contributed by atoms with Gasteiger partial charge >= 0.3 is 35.5 Å². The Morgan fingerprint density at radius 2 is 1.62 bits per heavy atom. The van der Waals surface area contributed by atoms with E-state index in [-0.39, 0.29) is 35.1 Å². The summed E-state index contributed by atoms with van der Waals surface area (Å²) in [5.74, 6) is -4.48. The maximum atomic E-state index is 10.3. The van der Waals surface area contributed by atoms with E-state index < -0.39 is 11.8 Å². The second kappa shape index (κ2) is 4.74. The molecule has 0 spiro atoms. The van der Waals surface area contributed by atoms with Crippen molar-refractivity contribution in [2.24, 2.45) is 0 Å². The van der Waals surface area contributed by atoms with E-state index in [1.807, 2.05) is 0 Å². The summed E-state index contributed by atoms with van der Waals surface area (Å²) in [6.07, 6.45) is 0. The van der Waals surface area contributed by atoms with Crippen molar-refractivity contribution in [3.8, 4) is 0 Å². The largest absolute Gasteiger partial charge is 1.00 e. The molecule has 13 heavy (non-hydrogen) atoms. The van der Waals surface area contributed by atoms with Crippen LogP contribution >= 0.6 is 0 Å². The van der Waals surface area contributed by atoms with Crippen molar-refractivity contribution in [3.05, 3.63) is 35.9 Å². The first kappa shape index (κ1) is 12.6. The Bertz CT molecular complexity index is 283. The minimum absolute atomic E-state index is 0. The van der Waals surface area contributed by atoms with Crippen LogP contribution in [0.4, 0.5) is 0 Å². The SMILES string of the molecule is O=C(O)C(O)(O)c1ccccc1.[Na+]. The third-order valence-corrected chi connectivity index (χ3v) is 1.47. The van der Waals surface area contributed by atoms with Crippen LogP contribution in [-0.4, -0.2) is 21.3 Å². The zero-order valence-corrected chi connectivity index (χ0v) is 9.14. The van der Waals surface area contributed by atoms with E-state index in [1.165, 1.54) is 24.3 Å². The van der Waals surface area contributed by atoms with Crippen LogP contribution in [0.15, 0.2) is 30.3 Å². The van der Waals surface area contributed by atoms with Crippen molar-refractivity contribution < 1.29 is 49.7 Å². The van der Waals surface area contributed by atoms with Crippen LogP contribution in [0.25, 0.3) is 0 Å². The summed E-state index contributed by atoms with van der Waals surface area (Å²) in [6.45, 7) is 0. The van der Waals surface area contributed by atoms with Gasteiger partial charge in [-0.15, -0.1) is 0 Å². The van der Waals surface area contributed by atoms with Crippen molar-refractivity contribution in [1.82, 2.24) is 0 Å². The quantitative estimate of drug-likeness (QED) is 0.342.